The third-order valence-corrected chi connectivity index (χ3v) is 2.88. The molecule has 0 aromatic carbocycles. The summed E-state index contributed by atoms with van der Waals surface area (Å²) in [4.78, 5) is 26.0. The predicted octanol–water partition coefficient (Wildman–Crippen LogP) is 1.07. The third kappa shape index (κ3) is 6.77. The molecule has 0 saturated carbocycles. The van der Waals surface area contributed by atoms with Gasteiger partial charge in [0.2, 0.25) is 0 Å². The topological polar surface area (TPSA) is 96.3 Å². The molecule has 1 aromatic rings. The number of hydrogen-bond donors (Lipinski definition) is 3. The summed E-state index contributed by atoms with van der Waals surface area (Å²) in [5.41, 5.74) is 0. The number of nitrogens with one attached hydrogen (secondary N) is 2. The second kappa shape index (κ2) is 8.19. The monoisotopic (exact) mass is 282 g/mol. The molecule has 2 atom stereocenters. The van der Waals surface area contributed by atoms with Crippen LogP contribution in [-0.4, -0.2) is 39.2 Å². The Balaban J connectivity index is 2.17. The zero-order valence-corrected chi connectivity index (χ0v) is 11.9. The van der Waals surface area contributed by atoms with Crippen molar-refractivity contribution in [3.8, 4) is 0 Å². The highest BCUT2D eigenvalue weighted by Gasteiger charge is 2.10. The number of hydrogen-bond acceptors (Lipinski definition) is 3. The van der Waals surface area contributed by atoms with Crippen LogP contribution in [0.4, 0.5) is 4.79 Å². The van der Waals surface area contributed by atoms with E-state index < -0.39 is 5.97 Å². The first-order valence-corrected chi connectivity index (χ1v) is 6.69. The highest BCUT2D eigenvalue weighted by atomic mass is 16.4. The van der Waals surface area contributed by atoms with E-state index in [4.69, 9.17) is 5.11 Å². The minimum atomic E-state index is -0.810. The Morgan fingerprint density at radius 3 is 2.75 bits per heavy atom. The Hall–Kier alpha value is -2.05. The lowest BCUT2D eigenvalue weighted by Gasteiger charge is -2.16. The number of aromatic nitrogens is 2. The molecule has 0 radical (unpaired) electrons. The summed E-state index contributed by atoms with van der Waals surface area (Å²) in [5, 5.41) is 14.1. The van der Waals surface area contributed by atoms with Crippen LogP contribution in [0.25, 0.3) is 0 Å². The molecule has 0 saturated heterocycles. The lowest BCUT2D eigenvalue weighted by molar-refractivity contribution is -0.137. The number of imidazole rings is 1. The number of carbonyl (C=O) groups is 2. The van der Waals surface area contributed by atoms with Gasteiger partial charge in [-0.2, -0.15) is 0 Å². The molecular weight excluding hydrogens is 260 g/mol. The van der Waals surface area contributed by atoms with E-state index in [-0.39, 0.29) is 24.4 Å². The minimum absolute atomic E-state index is 0.0153. The van der Waals surface area contributed by atoms with Crippen molar-refractivity contribution in [2.75, 3.05) is 6.54 Å². The molecule has 2 amide bonds. The molecule has 3 N–H and O–H groups in total. The number of amides is 2. The van der Waals surface area contributed by atoms with Crippen LogP contribution in [0.5, 0.6) is 0 Å². The molecule has 0 aliphatic heterocycles. The van der Waals surface area contributed by atoms with Crippen LogP contribution in [-0.2, 0) is 11.3 Å². The molecule has 1 heterocycles. The smallest absolute Gasteiger partial charge is 0.315 e. The van der Waals surface area contributed by atoms with Gasteiger partial charge >= 0.3 is 12.0 Å². The van der Waals surface area contributed by atoms with Crippen molar-refractivity contribution in [1.82, 2.24) is 20.2 Å². The molecule has 1 aromatic heterocycles. The van der Waals surface area contributed by atoms with Gasteiger partial charge in [0.25, 0.3) is 0 Å². The summed E-state index contributed by atoms with van der Waals surface area (Å²) < 4.78 is 1.89. The highest BCUT2D eigenvalue weighted by Crippen LogP contribution is 2.03. The van der Waals surface area contributed by atoms with Crippen molar-refractivity contribution < 1.29 is 14.7 Å². The average Bonchev–Trinajstić information content (AvgIpc) is 2.86. The number of carbonyl (C=O) groups excluding carboxylic acids is 1. The summed E-state index contributed by atoms with van der Waals surface area (Å²) in [6.45, 7) is 4.95. The first-order valence-electron chi connectivity index (χ1n) is 6.69. The van der Waals surface area contributed by atoms with Gasteiger partial charge in [-0.1, -0.05) is 6.92 Å². The van der Waals surface area contributed by atoms with Crippen LogP contribution >= 0.6 is 0 Å². The van der Waals surface area contributed by atoms with Gasteiger partial charge in [0, 0.05) is 37.9 Å². The number of nitrogens with zero attached hydrogens (tertiary/aromatic N) is 2. The second-order valence-corrected chi connectivity index (χ2v) is 5.05. The molecule has 1 rings (SSSR count). The molecule has 2 unspecified atom stereocenters. The quantitative estimate of drug-likeness (QED) is 0.664. The molecule has 0 aliphatic rings. The summed E-state index contributed by atoms with van der Waals surface area (Å²) in [6.07, 6.45) is 5.91. The van der Waals surface area contributed by atoms with Gasteiger partial charge in [-0.25, -0.2) is 9.78 Å². The van der Waals surface area contributed by atoms with Gasteiger partial charge in [0.05, 0.1) is 6.33 Å². The zero-order valence-electron chi connectivity index (χ0n) is 11.9. The van der Waals surface area contributed by atoms with Crippen molar-refractivity contribution >= 4 is 12.0 Å². The van der Waals surface area contributed by atoms with E-state index in [1.54, 1.807) is 12.5 Å². The van der Waals surface area contributed by atoms with Gasteiger partial charge in [0.1, 0.15) is 0 Å². The Morgan fingerprint density at radius 2 is 2.15 bits per heavy atom. The summed E-state index contributed by atoms with van der Waals surface area (Å²) in [5.74, 6) is -0.670. The van der Waals surface area contributed by atoms with Crippen molar-refractivity contribution in [3.63, 3.8) is 0 Å². The average molecular weight is 282 g/mol. The largest absolute Gasteiger partial charge is 0.481 e. The maximum atomic E-state index is 11.7. The highest BCUT2D eigenvalue weighted by molar-refractivity contribution is 5.74. The van der Waals surface area contributed by atoms with E-state index in [0.717, 1.165) is 0 Å². The maximum Gasteiger partial charge on any atom is 0.315 e. The van der Waals surface area contributed by atoms with Gasteiger partial charge in [-0.3, -0.25) is 4.79 Å². The molecule has 7 nitrogen and oxygen atoms in total. The number of urea groups is 1. The van der Waals surface area contributed by atoms with Gasteiger partial charge in [-0.05, 0) is 19.3 Å². The minimum Gasteiger partial charge on any atom is -0.481 e. The first kappa shape index (κ1) is 16.0. The molecule has 0 fully saturated rings. The SMILES string of the molecule is CC(CCC(=O)O)CNC(=O)NC(C)Cn1ccnc1. The fraction of sp³-hybridized carbons (Fsp3) is 0.615. The molecular formula is C13H22N4O3. The lowest BCUT2D eigenvalue weighted by atomic mass is 10.1. The first-order chi connectivity index (χ1) is 9.47. The van der Waals surface area contributed by atoms with E-state index in [1.165, 1.54) is 0 Å². The molecule has 0 aliphatic carbocycles. The third-order valence-electron chi connectivity index (χ3n) is 2.88. The summed E-state index contributed by atoms with van der Waals surface area (Å²) in [6, 6.07) is -0.252. The number of aliphatic carboxylic acids is 1. The van der Waals surface area contributed by atoms with Crippen molar-refractivity contribution in [3.05, 3.63) is 18.7 Å². The normalized spacial score (nSPS) is 13.5. The van der Waals surface area contributed by atoms with E-state index in [0.29, 0.717) is 19.5 Å². The van der Waals surface area contributed by atoms with E-state index in [9.17, 15) is 9.59 Å². The summed E-state index contributed by atoms with van der Waals surface area (Å²) in [7, 11) is 0. The molecule has 20 heavy (non-hydrogen) atoms. The number of carboxylic acid groups (broad SMARTS) is 1. The van der Waals surface area contributed by atoms with Crippen LogP contribution in [0.15, 0.2) is 18.7 Å². The standard InChI is InChI=1S/C13H22N4O3/c1-10(3-4-12(18)19)7-15-13(20)16-11(2)8-17-6-5-14-9-17/h5-6,9-11H,3-4,7-8H2,1-2H3,(H,18,19)(H2,15,16,20). The Kier molecular flexibility index (Phi) is 6.55. The fourth-order valence-corrected chi connectivity index (χ4v) is 1.77. The predicted molar refractivity (Wildman–Crippen MR) is 74.3 cm³/mol. The van der Waals surface area contributed by atoms with E-state index in [1.807, 2.05) is 24.6 Å². The van der Waals surface area contributed by atoms with Crippen LogP contribution in [0.3, 0.4) is 0 Å². The van der Waals surface area contributed by atoms with Crippen LogP contribution in [0, 0.1) is 5.92 Å². The van der Waals surface area contributed by atoms with Crippen molar-refractivity contribution in [2.24, 2.45) is 5.92 Å². The van der Waals surface area contributed by atoms with Gasteiger partial charge in [-0.15, -0.1) is 0 Å². The van der Waals surface area contributed by atoms with Crippen LogP contribution in [0.1, 0.15) is 26.7 Å². The van der Waals surface area contributed by atoms with Gasteiger partial charge < -0.3 is 20.3 Å². The fourth-order valence-electron chi connectivity index (χ4n) is 1.77. The Morgan fingerprint density at radius 1 is 1.40 bits per heavy atom. The Labute approximate surface area is 118 Å². The molecule has 0 spiro atoms. The van der Waals surface area contributed by atoms with Crippen molar-refractivity contribution in [1.29, 1.82) is 0 Å². The Bertz CT molecular complexity index is 419. The second-order valence-electron chi connectivity index (χ2n) is 5.05. The van der Waals surface area contributed by atoms with Gasteiger partial charge in [0.15, 0.2) is 0 Å². The summed E-state index contributed by atoms with van der Waals surface area (Å²) >= 11 is 0. The van der Waals surface area contributed by atoms with Crippen LogP contribution in [0.2, 0.25) is 0 Å². The number of rotatable bonds is 8. The maximum absolute atomic E-state index is 11.7. The molecule has 112 valence electrons. The number of carboxylic acids is 1. The van der Waals surface area contributed by atoms with Crippen molar-refractivity contribution in [2.45, 2.75) is 39.3 Å². The van der Waals surface area contributed by atoms with E-state index >= 15 is 0 Å². The molecule has 0 bridgehead atoms. The zero-order chi connectivity index (χ0) is 15.0. The molecule has 7 heteroatoms. The van der Waals surface area contributed by atoms with E-state index in [2.05, 4.69) is 15.6 Å². The lowest BCUT2D eigenvalue weighted by Crippen LogP contribution is -2.43. The van der Waals surface area contributed by atoms with Crippen LogP contribution < -0.4 is 10.6 Å².